The number of pyridine rings is 1. The van der Waals surface area contributed by atoms with Crippen LogP contribution in [0.5, 0.6) is 0 Å². The van der Waals surface area contributed by atoms with Crippen molar-refractivity contribution in [3.05, 3.63) is 65.2 Å². The molecule has 0 aliphatic carbocycles. The third-order valence-corrected chi connectivity index (χ3v) is 4.37. The monoisotopic (exact) mass is 402 g/mol. The minimum atomic E-state index is -0.477. The number of benzene rings is 1. The number of hydrogen-bond donors (Lipinski definition) is 1. The molecule has 0 fully saturated rings. The lowest BCUT2D eigenvalue weighted by Gasteiger charge is -2.04. The standard InChI is InChI=1S/C21H22N2O4.ClH/c1-4-26-20(24)18-14(3)19(21(25)27-5-2)22-17(18)13-23-11-10-15-8-6-7-9-16(15)12-23;/h6-12H,4-5,13H2,1-3H3;1H. The number of fused-ring (bicyclic) bond motifs is 1. The van der Waals surface area contributed by atoms with Gasteiger partial charge in [-0.1, -0.05) is 18.2 Å². The van der Waals surface area contributed by atoms with Gasteiger partial charge in [0.1, 0.15) is 5.69 Å². The molecule has 0 saturated heterocycles. The number of aromatic amines is 1. The van der Waals surface area contributed by atoms with Crippen molar-refractivity contribution in [3.8, 4) is 0 Å². The van der Waals surface area contributed by atoms with E-state index in [9.17, 15) is 9.59 Å². The van der Waals surface area contributed by atoms with Crippen LogP contribution in [0, 0.1) is 6.92 Å². The van der Waals surface area contributed by atoms with Crippen LogP contribution in [0.3, 0.4) is 0 Å². The molecule has 1 N–H and O–H groups in total. The maximum Gasteiger partial charge on any atom is 0.355 e. The van der Waals surface area contributed by atoms with Gasteiger partial charge in [0.15, 0.2) is 18.9 Å². The Labute approximate surface area is 169 Å². The second-order valence-electron chi connectivity index (χ2n) is 6.17. The molecule has 0 bridgehead atoms. The summed E-state index contributed by atoms with van der Waals surface area (Å²) >= 11 is 0. The van der Waals surface area contributed by atoms with Gasteiger partial charge < -0.3 is 26.9 Å². The number of halogens is 1. The Morgan fingerprint density at radius 1 is 1.00 bits per heavy atom. The molecule has 3 aromatic rings. The molecule has 0 saturated carbocycles. The molecule has 0 aliphatic heterocycles. The smallest absolute Gasteiger partial charge is 0.355 e. The van der Waals surface area contributed by atoms with Crippen LogP contribution in [0.2, 0.25) is 0 Å². The van der Waals surface area contributed by atoms with Gasteiger partial charge in [-0.3, -0.25) is 0 Å². The molecule has 0 aliphatic rings. The lowest BCUT2D eigenvalue weighted by molar-refractivity contribution is -0.687. The SMILES string of the molecule is CCOC(=O)c1[nH]c(C[n+]2ccc3ccccc3c2)c(C(=O)OCC)c1C.[Cl-]. The normalized spacial score (nSPS) is 10.4. The maximum absolute atomic E-state index is 12.5. The highest BCUT2D eigenvalue weighted by Crippen LogP contribution is 2.21. The third-order valence-electron chi connectivity index (χ3n) is 4.37. The topological polar surface area (TPSA) is 72.3 Å². The van der Waals surface area contributed by atoms with Gasteiger partial charge in [-0.15, -0.1) is 0 Å². The first-order valence-electron chi connectivity index (χ1n) is 8.98. The van der Waals surface area contributed by atoms with E-state index < -0.39 is 11.9 Å². The summed E-state index contributed by atoms with van der Waals surface area (Å²) < 4.78 is 12.2. The number of hydrogen-bond acceptors (Lipinski definition) is 4. The summed E-state index contributed by atoms with van der Waals surface area (Å²) in [5.41, 5.74) is 1.84. The van der Waals surface area contributed by atoms with Crippen molar-refractivity contribution in [2.45, 2.75) is 27.3 Å². The highest BCUT2D eigenvalue weighted by Gasteiger charge is 2.27. The highest BCUT2D eigenvalue weighted by molar-refractivity contribution is 5.98. The molecule has 28 heavy (non-hydrogen) atoms. The van der Waals surface area contributed by atoms with Crippen molar-refractivity contribution in [2.75, 3.05) is 13.2 Å². The average molecular weight is 403 g/mol. The largest absolute Gasteiger partial charge is 1.00 e. The minimum absolute atomic E-state index is 0. The third kappa shape index (κ3) is 4.34. The zero-order chi connectivity index (χ0) is 19.4. The molecule has 3 rings (SSSR count). The summed E-state index contributed by atoms with van der Waals surface area (Å²) in [5.74, 6) is -0.923. The van der Waals surface area contributed by atoms with E-state index in [1.807, 2.05) is 47.3 Å². The fourth-order valence-electron chi connectivity index (χ4n) is 3.12. The summed E-state index contributed by atoms with van der Waals surface area (Å²) in [5, 5.41) is 2.22. The Hall–Kier alpha value is -2.86. The van der Waals surface area contributed by atoms with E-state index in [1.54, 1.807) is 20.8 Å². The number of ether oxygens (including phenoxy) is 2. The van der Waals surface area contributed by atoms with Gasteiger partial charge in [0.05, 0.1) is 24.5 Å². The minimum Gasteiger partial charge on any atom is -1.00 e. The second-order valence-corrected chi connectivity index (χ2v) is 6.17. The molecule has 0 amide bonds. The molecule has 1 aromatic carbocycles. The average Bonchev–Trinajstić information content (AvgIpc) is 2.98. The van der Waals surface area contributed by atoms with Crippen molar-refractivity contribution < 1.29 is 36.0 Å². The van der Waals surface area contributed by atoms with Gasteiger partial charge in [0.25, 0.3) is 0 Å². The van der Waals surface area contributed by atoms with Crippen LogP contribution < -0.4 is 17.0 Å². The van der Waals surface area contributed by atoms with Gasteiger partial charge in [-0.05, 0) is 37.8 Å². The molecule has 148 valence electrons. The number of aromatic nitrogens is 2. The summed E-state index contributed by atoms with van der Waals surface area (Å²) in [7, 11) is 0. The number of H-pyrrole nitrogens is 1. The van der Waals surface area contributed by atoms with Crippen LogP contribution in [0.25, 0.3) is 10.8 Å². The Morgan fingerprint density at radius 2 is 1.64 bits per heavy atom. The zero-order valence-electron chi connectivity index (χ0n) is 16.1. The number of nitrogens with one attached hydrogen (secondary N) is 1. The van der Waals surface area contributed by atoms with Crippen LogP contribution in [0.15, 0.2) is 42.7 Å². The van der Waals surface area contributed by atoms with E-state index in [0.717, 1.165) is 10.8 Å². The summed E-state index contributed by atoms with van der Waals surface area (Å²) in [4.78, 5) is 27.8. The molecule has 0 unspecified atom stereocenters. The van der Waals surface area contributed by atoms with Crippen molar-refractivity contribution in [3.63, 3.8) is 0 Å². The highest BCUT2D eigenvalue weighted by atomic mass is 35.5. The predicted molar refractivity (Wildman–Crippen MR) is 101 cm³/mol. The van der Waals surface area contributed by atoms with E-state index in [4.69, 9.17) is 9.47 Å². The molecule has 0 radical (unpaired) electrons. The molecular weight excluding hydrogens is 380 g/mol. The van der Waals surface area contributed by atoms with Crippen LogP contribution in [0.1, 0.15) is 46.0 Å². The van der Waals surface area contributed by atoms with Gasteiger partial charge in [0, 0.05) is 11.5 Å². The van der Waals surface area contributed by atoms with Crippen molar-refractivity contribution >= 4 is 22.7 Å². The number of esters is 2. The van der Waals surface area contributed by atoms with E-state index in [0.29, 0.717) is 23.4 Å². The Balaban J connectivity index is 0.00000280. The van der Waals surface area contributed by atoms with Gasteiger partial charge in [-0.2, -0.15) is 4.57 Å². The van der Waals surface area contributed by atoms with E-state index in [1.165, 1.54) is 0 Å². The maximum atomic E-state index is 12.5. The first kappa shape index (κ1) is 21.4. The fraction of sp³-hybridized carbons (Fsp3) is 0.286. The van der Waals surface area contributed by atoms with Crippen LogP contribution in [-0.2, 0) is 16.0 Å². The van der Waals surface area contributed by atoms with E-state index in [2.05, 4.69) is 4.98 Å². The molecular formula is C21H23ClN2O4. The fourth-order valence-corrected chi connectivity index (χ4v) is 3.12. The lowest BCUT2D eigenvalue weighted by atomic mass is 10.1. The van der Waals surface area contributed by atoms with Crippen molar-refractivity contribution in [2.24, 2.45) is 0 Å². The molecule has 7 heteroatoms. The van der Waals surface area contributed by atoms with E-state index >= 15 is 0 Å². The zero-order valence-corrected chi connectivity index (χ0v) is 16.9. The van der Waals surface area contributed by atoms with Gasteiger partial charge >= 0.3 is 11.9 Å². The number of nitrogens with zero attached hydrogens (tertiary/aromatic N) is 1. The van der Waals surface area contributed by atoms with Gasteiger partial charge in [-0.25, -0.2) is 9.59 Å². The first-order chi connectivity index (χ1) is 13.0. The quantitative estimate of drug-likeness (QED) is 0.471. The van der Waals surface area contributed by atoms with Crippen molar-refractivity contribution in [1.29, 1.82) is 0 Å². The Kier molecular flexibility index (Phi) is 7.18. The van der Waals surface area contributed by atoms with Crippen LogP contribution in [-0.4, -0.2) is 30.1 Å². The first-order valence-corrected chi connectivity index (χ1v) is 8.98. The lowest BCUT2D eigenvalue weighted by Crippen LogP contribution is -3.00. The Bertz CT molecular complexity index is 997. The predicted octanol–water partition coefficient (Wildman–Crippen LogP) is 0.170. The number of rotatable bonds is 6. The number of carbonyl (C=O) groups excluding carboxylic acids is 2. The van der Waals surface area contributed by atoms with Crippen LogP contribution in [0.4, 0.5) is 0 Å². The second kappa shape index (κ2) is 9.37. The Morgan fingerprint density at radius 3 is 2.32 bits per heavy atom. The van der Waals surface area contributed by atoms with Gasteiger partial charge in [0.2, 0.25) is 0 Å². The van der Waals surface area contributed by atoms with Crippen LogP contribution >= 0.6 is 0 Å². The molecule has 2 heterocycles. The van der Waals surface area contributed by atoms with E-state index in [-0.39, 0.29) is 31.3 Å². The summed E-state index contributed by atoms with van der Waals surface area (Å²) in [6.45, 7) is 6.16. The molecule has 6 nitrogen and oxygen atoms in total. The summed E-state index contributed by atoms with van der Waals surface area (Å²) in [6.07, 6.45) is 3.95. The molecule has 0 atom stereocenters. The van der Waals surface area contributed by atoms with Crippen molar-refractivity contribution in [1.82, 2.24) is 4.98 Å². The number of carbonyl (C=O) groups is 2. The molecule has 0 spiro atoms. The summed E-state index contributed by atoms with van der Waals surface area (Å²) in [6, 6.07) is 10.1. The molecule has 2 aromatic heterocycles.